The number of nitrogens with zero attached hydrogens (tertiary/aromatic N) is 2. The van der Waals surface area contributed by atoms with E-state index in [-0.39, 0.29) is 18.1 Å². The first-order valence-electron chi connectivity index (χ1n) is 7.81. The number of anilines is 1. The average Bonchev–Trinajstić information content (AvgIpc) is 3.24. The van der Waals surface area contributed by atoms with Crippen molar-refractivity contribution in [2.24, 2.45) is 5.73 Å². The molecule has 0 atom stereocenters. The van der Waals surface area contributed by atoms with Gasteiger partial charge in [-0.25, -0.2) is 0 Å². The van der Waals surface area contributed by atoms with Gasteiger partial charge in [0.15, 0.2) is 5.82 Å². The molecule has 0 spiro atoms. The van der Waals surface area contributed by atoms with Gasteiger partial charge in [-0.1, -0.05) is 20.4 Å². The Bertz CT molecular complexity index is 527. The number of rotatable bonds is 5. The van der Waals surface area contributed by atoms with Crippen LogP contribution in [0.5, 0.6) is 0 Å². The Morgan fingerprint density at radius 1 is 1.46 bits per heavy atom. The first kappa shape index (κ1) is 22.1. The summed E-state index contributed by atoms with van der Waals surface area (Å²) in [5.74, 6) is -0.165. The van der Waals surface area contributed by atoms with E-state index in [2.05, 4.69) is 38.0 Å². The minimum absolute atomic E-state index is 0.0390. The van der Waals surface area contributed by atoms with Gasteiger partial charge < -0.3 is 21.1 Å². The predicted octanol–water partition coefficient (Wildman–Crippen LogP) is 1.50. The van der Waals surface area contributed by atoms with E-state index in [9.17, 15) is 9.59 Å². The molecule has 2 rings (SSSR count). The second-order valence-electron chi connectivity index (χ2n) is 4.51. The number of nitrogens with one attached hydrogen (secondary N) is 2. The Morgan fingerprint density at radius 2 is 2.04 bits per heavy atom. The molecule has 2 heterocycles. The lowest BCUT2D eigenvalue weighted by atomic mass is 10.3. The molecule has 1 aromatic heterocycles. The van der Waals surface area contributed by atoms with Crippen LogP contribution in [0.4, 0.5) is 5.82 Å². The summed E-state index contributed by atoms with van der Waals surface area (Å²) in [7, 11) is 0. The average molecular weight is 404 g/mol. The largest absolute Gasteiger partial charge is 0.395 e. The summed E-state index contributed by atoms with van der Waals surface area (Å²) in [4.78, 5) is 23.5. The number of H-pyrrole nitrogens is 1. The van der Waals surface area contributed by atoms with Crippen LogP contribution >= 0.6 is 15.9 Å². The lowest BCUT2D eigenvalue weighted by molar-refractivity contribution is -0.124. The third kappa shape index (κ3) is 7.14. The number of aliphatic hydroxyl groups is 1. The Morgan fingerprint density at radius 3 is 2.50 bits per heavy atom. The van der Waals surface area contributed by atoms with Gasteiger partial charge in [-0.2, -0.15) is 5.10 Å². The van der Waals surface area contributed by atoms with Crippen molar-refractivity contribution in [2.75, 3.05) is 31.6 Å². The maximum atomic E-state index is 10.9. The van der Waals surface area contributed by atoms with Gasteiger partial charge in [-0.05, 0) is 34.8 Å². The summed E-state index contributed by atoms with van der Waals surface area (Å²) in [6.45, 7) is 9.53. The van der Waals surface area contributed by atoms with E-state index in [1.807, 2.05) is 18.7 Å². The second-order valence-corrected chi connectivity index (χ2v) is 5.31. The van der Waals surface area contributed by atoms with E-state index >= 15 is 0 Å². The summed E-state index contributed by atoms with van der Waals surface area (Å²) in [5, 5.41) is 17.6. The van der Waals surface area contributed by atoms with Gasteiger partial charge in [0.05, 0.1) is 6.61 Å². The van der Waals surface area contributed by atoms with Crippen LogP contribution in [0, 0.1) is 0 Å². The number of aromatic nitrogens is 2. The summed E-state index contributed by atoms with van der Waals surface area (Å²) in [6.07, 6.45) is 3.68. The van der Waals surface area contributed by atoms with Crippen LogP contribution in [0.1, 0.15) is 37.0 Å². The molecule has 1 saturated heterocycles. The van der Waals surface area contributed by atoms with Crippen molar-refractivity contribution in [3.05, 3.63) is 22.8 Å². The maximum Gasteiger partial charge on any atom is 0.255 e. The lowest BCUT2D eigenvalue weighted by Gasteiger charge is -2.10. The number of carbonyl (C=O) groups excluding carboxylic acids is 2. The fourth-order valence-electron chi connectivity index (χ4n) is 1.91. The van der Waals surface area contributed by atoms with Crippen molar-refractivity contribution in [3.63, 3.8) is 0 Å². The lowest BCUT2D eigenvalue weighted by Crippen LogP contribution is -2.25. The highest BCUT2D eigenvalue weighted by molar-refractivity contribution is 9.10. The zero-order chi connectivity index (χ0) is 18.5. The third-order valence-corrected chi connectivity index (χ3v) is 3.54. The van der Waals surface area contributed by atoms with Gasteiger partial charge in [-0.15, -0.1) is 0 Å². The number of likely N-dealkylation sites (tertiary alicyclic amines) is 1. The second kappa shape index (κ2) is 12.5. The molecule has 0 radical (unpaired) electrons. The predicted molar refractivity (Wildman–Crippen MR) is 97.7 cm³/mol. The minimum Gasteiger partial charge on any atom is -0.395 e. The Hall–Kier alpha value is -1.87. The fourth-order valence-corrected chi connectivity index (χ4v) is 2.39. The number of primary amides is 1. The summed E-state index contributed by atoms with van der Waals surface area (Å²) in [5.41, 5.74) is 5.36. The number of hydrogen-bond acceptors (Lipinski definition) is 5. The molecular weight excluding hydrogens is 378 g/mol. The Kier molecular flexibility index (Phi) is 11.6. The van der Waals surface area contributed by atoms with Crippen molar-refractivity contribution < 1.29 is 14.7 Å². The van der Waals surface area contributed by atoms with E-state index < -0.39 is 5.91 Å². The molecule has 1 aliphatic heterocycles. The van der Waals surface area contributed by atoms with Crippen LogP contribution < -0.4 is 11.1 Å². The first-order chi connectivity index (χ1) is 11.5. The molecule has 1 aromatic rings. The van der Waals surface area contributed by atoms with Gasteiger partial charge >= 0.3 is 0 Å². The highest BCUT2D eigenvalue weighted by Crippen LogP contribution is 2.20. The SMILES string of the molecule is C=CC(=O)N1CCCC1.CC.NC(=O)c1c(NCCO)n[nH]c1Br. The molecule has 2 amide bonds. The maximum absolute atomic E-state index is 10.9. The molecule has 0 aromatic carbocycles. The highest BCUT2D eigenvalue weighted by Gasteiger charge is 2.15. The van der Waals surface area contributed by atoms with Gasteiger partial charge in [-0.3, -0.25) is 14.7 Å². The van der Waals surface area contributed by atoms with E-state index in [0.29, 0.717) is 17.0 Å². The van der Waals surface area contributed by atoms with E-state index in [1.54, 1.807) is 0 Å². The van der Waals surface area contributed by atoms with Crippen LogP contribution in [0.25, 0.3) is 0 Å². The standard InChI is InChI=1S/C7H11NO.C6H9BrN4O2.C2H6/c1-2-7(9)8-5-3-4-6-8;7-4-3(5(8)13)6(11-10-4)9-1-2-12;1-2/h2H,1,3-6H2;12H,1-2H2,(H2,8,13)(H2,9,10,11);1-2H3. The van der Waals surface area contributed by atoms with Crippen molar-refractivity contribution >= 4 is 33.6 Å². The summed E-state index contributed by atoms with van der Waals surface area (Å²) < 4.78 is 0.431. The Labute approximate surface area is 150 Å². The molecule has 0 aliphatic carbocycles. The third-order valence-electron chi connectivity index (χ3n) is 2.97. The van der Waals surface area contributed by atoms with Crippen molar-refractivity contribution in [3.8, 4) is 0 Å². The molecule has 24 heavy (non-hydrogen) atoms. The van der Waals surface area contributed by atoms with Crippen LogP contribution in [0.15, 0.2) is 17.3 Å². The molecule has 9 heteroatoms. The van der Waals surface area contributed by atoms with Gasteiger partial charge in [0.25, 0.3) is 5.91 Å². The van der Waals surface area contributed by atoms with E-state index in [4.69, 9.17) is 10.8 Å². The molecule has 8 nitrogen and oxygen atoms in total. The molecule has 136 valence electrons. The number of aliphatic hydroxyl groups excluding tert-OH is 1. The number of aromatic amines is 1. The zero-order valence-corrected chi connectivity index (χ0v) is 15.7. The normalized spacial score (nSPS) is 12.4. The molecule has 1 fully saturated rings. The molecule has 0 saturated carbocycles. The van der Waals surface area contributed by atoms with Crippen LogP contribution in [0.2, 0.25) is 0 Å². The van der Waals surface area contributed by atoms with Crippen molar-refractivity contribution in [1.82, 2.24) is 15.1 Å². The number of carbonyl (C=O) groups is 2. The molecule has 1 aliphatic rings. The van der Waals surface area contributed by atoms with E-state index in [0.717, 1.165) is 25.9 Å². The van der Waals surface area contributed by atoms with Crippen LogP contribution in [-0.4, -0.2) is 58.3 Å². The highest BCUT2D eigenvalue weighted by atomic mass is 79.9. The smallest absolute Gasteiger partial charge is 0.255 e. The Balaban J connectivity index is 0.000000420. The quantitative estimate of drug-likeness (QED) is 0.554. The molecule has 5 N–H and O–H groups in total. The first-order valence-corrected chi connectivity index (χ1v) is 8.60. The summed E-state index contributed by atoms with van der Waals surface area (Å²) in [6, 6.07) is 0. The van der Waals surface area contributed by atoms with Gasteiger partial charge in [0.1, 0.15) is 10.2 Å². The molecule has 0 bridgehead atoms. The number of halogens is 1. The van der Waals surface area contributed by atoms with Gasteiger partial charge in [0.2, 0.25) is 5.91 Å². The van der Waals surface area contributed by atoms with Crippen molar-refractivity contribution in [1.29, 1.82) is 0 Å². The number of amides is 2. The minimum atomic E-state index is -0.582. The zero-order valence-electron chi connectivity index (χ0n) is 14.1. The topological polar surface area (TPSA) is 124 Å². The number of hydrogen-bond donors (Lipinski definition) is 4. The molecule has 0 unspecified atom stereocenters. The fraction of sp³-hybridized carbons (Fsp3) is 0.533. The van der Waals surface area contributed by atoms with Crippen molar-refractivity contribution in [2.45, 2.75) is 26.7 Å². The molecular formula is C15H26BrN5O3. The summed E-state index contributed by atoms with van der Waals surface area (Å²) >= 11 is 3.09. The van der Waals surface area contributed by atoms with E-state index in [1.165, 1.54) is 6.08 Å². The monoisotopic (exact) mass is 403 g/mol. The number of nitrogens with two attached hydrogens (primary N) is 1. The van der Waals surface area contributed by atoms with Crippen LogP contribution in [0.3, 0.4) is 0 Å². The van der Waals surface area contributed by atoms with Gasteiger partial charge in [0, 0.05) is 19.6 Å². The van der Waals surface area contributed by atoms with Crippen LogP contribution in [-0.2, 0) is 4.79 Å².